The molecule has 0 heterocycles. The fourth-order valence-corrected chi connectivity index (χ4v) is 3.23. The third kappa shape index (κ3) is 4.32. The number of rotatable bonds is 4. The molecule has 5 heteroatoms. The van der Waals surface area contributed by atoms with Gasteiger partial charge in [-0.25, -0.2) is 4.79 Å². The van der Waals surface area contributed by atoms with E-state index in [0.29, 0.717) is 17.2 Å². The predicted octanol–water partition coefficient (Wildman–Crippen LogP) is 3.21. The van der Waals surface area contributed by atoms with E-state index >= 15 is 0 Å². The highest BCUT2D eigenvalue weighted by atomic mass is 16.3. The number of hydrogen-bond donors (Lipinski definition) is 2. The van der Waals surface area contributed by atoms with Crippen molar-refractivity contribution in [2.45, 2.75) is 45.6 Å². The molecule has 0 atom stereocenters. The average Bonchev–Trinajstić information content (AvgIpc) is 2.54. The van der Waals surface area contributed by atoms with Crippen LogP contribution in [-0.2, 0) is 0 Å². The quantitative estimate of drug-likeness (QED) is 0.838. The summed E-state index contributed by atoms with van der Waals surface area (Å²) in [5.74, 6) is 0.405. The molecule has 0 bridgehead atoms. The maximum atomic E-state index is 12.4. The van der Waals surface area contributed by atoms with E-state index in [0.717, 1.165) is 31.2 Å². The monoisotopic (exact) mass is 318 g/mol. The van der Waals surface area contributed by atoms with Crippen molar-refractivity contribution in [3.63, 3.8) is 0 Å². The van der Waals surface area contributed by atoms with Crippen molar-refractivity contribution in [3.05, 3.63) is 29.3 Å². The van der Waals surface area contributed by atoms with Crippen molar-refractivity contribution in [2.75, 3.05) is 19.0 Å². The molecule has 5 nitrogen and oxygen atoms in total. The van der Waals surface area contributed by atoms with Crippen LogP contribution in [-0.4, -0.2) is 41.5 Å². The van der Waals surface area contributed by atoms with Crippen LogP contribution in [0.1, 0.15) is 48.5 Å². The Hall–Kier alpha value is -1.88. The number of nitrogens with one attached hydrogen (secondary N) is 1. The Bertz CT molecular complexity index is 578. The number of hydrogen-bond acceptors (Lipinski definition) is 3. The van der Waals surface area contributed by atoms with Gasteiger partial charge in [-0.05, 0) is 69.2 Å². The van der Waals surface area contributed by atoms with Gasteiger partial charge < -0.3 is 15.3 Å². The number of carbonyl (C=O) groups is 2. The van der Waals surface area contributed by atoms with Crippen molar-refractivity contribution in [1.29, 1.82) is 0 Å². The van der Waals surface area contributed by atoms with Crippen molar-refractivity contribution in [2.24, 2.45) is 5.92 Å². The normalized spacial score (nSPS) is 20.9. The maximum Gasteiger partial charge on any atom is 0.321 e. The molecule has 2 N–H and O–H groups in total. The van der Waals surface area contributed by atoms with E-state index in [1.54, 1.807) is 17.0 Å². The van der Waals surface area contributed by atoms with Gasteiger partial charge in [0.2, 0.25) is 0 Å². The molecule has 1 aromatic carbocycles. The number of nitrogens with zero attached hydrogens (tertiary/aromatic N) is 1. The second-order valence-electron chi connectivity index (χ2n) is 6.48. The minimum absolute atomic E-state index is 0.0261. The lowest BCUT2D eigenvalue weighted by Crippen LogP contribution is -2.42. The van der Waals surface area contributed by atoms with Crippen LogP contribution in [0, 0.1) is 12.8 Å². The first-order valence-corrected chi connectivity index (χ1v) is 8.18. The topological polar surface area (TPSA) is 69.6 Å². The Kier molecular flexibility index (Phi) is 5.77. The lowest BCUT2D eigenvalue weighted by Gasteiger charge is -2.34. The second-order valence-corrected chi connectivity index (χ2v) is 6.48. The molecule has 126 valence electrons. The van der Waals surface area contributed by atoms with E-state index in [-0.39, 0.29) is 24.5 Å². The molecule has 0 aliphatic heterocycles. The van der Waals surface area contributed by atoms with Crippen molar-refractivity contribution in [1.82, 2.24) is 4.90 Å². The number of benzene rings is 1. The Labute approximate surface area is 137 Å². The molecule has 2 rings (SSSR count). The number of aliphatic hydroxyl groups excluding tert-OH is 1. The first-order valence-electron chi connectivity index (χ1n) is 8.18. The standard InChI is InChI=1S/C18H26N2O3/c1-12-10-15(6-9-17(12)13(2)22)19-18(23)20(3)16-7-4-14(11-21)5-8-16/h6,9-10,14,16,21H,4-5,7-8,11H2,1-3H3,(H,19,23). The molecule has 1 saturated carbocycles. The molecule has 0 radical (unpaired) electrons. The molecule has 0 aromatic heterocycles. The van der Waals surface area contributed by atoms with Gasteiger partial charge in [-0.1, -0.05) is 0 Å². The van der Waals surface area contributed by atoms with Crippen LogP contribution >= 0.6 is 0 Å². The Morgan fingerprint density at radius 2 is 1.91 bits per heavy atom. The number of ketones is 1. The zero-order valence-corrected chi connectivity index (χ0v) is 14.1. The maximum absolute atomic E-state index is 12.4. The predicted molar refractivity (Wildman–Crippen MR) is 90.8 cm³/mol. The molecule has 2 amide bonds. The summed E-state index contributed by atoms with van der Waals surface area (Å²) in [5, 5.41) is 12.1. The van der Waals surface area contributed by atoms with Gasteiger partial charge in [0.15, 0.2) is 5.78 Å². The highest BCUT2D eigenvalue weighted by molar-refractivity contribution is 5.96. The molecule has 0 unspecified atom stereocenters. The SMILES string of the molecule is CC(=O)c1ccc(NC(=O)N(C)C2CCC(CO)CC2)cc1C. The summed E-state index contributed by atoms with van der Waals surface area (Å²) in [7, 11) is 1.82. The molecule has 23 heavy (non-hydrogen) atoms. The third-order valence-corrected chi connectivity index (χ3v) is 4.80. The largest absolute Gasteiger partial charge is 0.396 e. The molecule has 1 aromatic rings. The van der Waals surface area contributed by atoms with Crippen molar-refractivity contribution >= 4 is 17.5 Å². The molecule has 1 aliphatic carbocycles. The fourth-order valence-electron chi connectivity index (χ4n) is 3.23. The van der Waals surface area contributed by atoms with E-state index in [9.17, 15) is 14.7 Å². The van der Waals surface area contributed by atoms with Gasteiger partial charge >= 0.3 is 6.03 Å². The minimum Gasteiger partial charge on any atom is -0.396 e. The summed E-state index contributed by atoms with van der Waals surface area (Å²) < 4.78 is 0. The molecule has 1 fully saturated rings. The van der Waals surface area contributed by atoms with E-state index in [1.165, 1.54) is 6.92 Å². The molecule has 0 spiro atoms. The summed E-state index contributed by atoms with van der Waals surface area (Å²) in [6.45, 7) is 3.65. The van der Waals surface area contributed by atoms with Crippen LogP contribution in [0.2, 0.25) is 0 Å². The van der Waals surface area contributed by atoms with E-state index in [4.69, 9.17) is 0 Å². The summed E-state index contributed by atoms with van der Waals surface area (Å²) >= 11 is 0. The van der Waals surface area contributed by atoms with Crippen molar-refractivity contribution < 1.29 is 14.7 Å². The van der Waals surface area contributed by atoms with Gasteiger partial charge in [0.1, 0.15) is 0 Å². The summed E-state index contributed by atoms with van der Waals surface area (Å²) in [4.78, 5) is 25.6. The second kappa shape index (κ2) is 7.59. The summed E-state index contributed by atoms with van der Waals surface area (Å²) in [6, 6.07) is 5.42. The Balaban J connectivity index is 1.96. The number of amides is 2. The van der Waals surface area contributed by atoms with Crippen LogP contribution in [0.15, 0.2) is 18.2 Å². The third-order valence-electron chi connectivity index (χ3n) is 4.80. The molecule has 0 saturated heterocycles. The van der Waals surface area contributed by atoms with E-state index in [1.807, 2.05) is 20.0 Å². The Morgan fingerprint density at radius 3 is 2.43 bits per heavy atom. The highest BCUT2D eigenvalue weighted by Gasteiger charge is 2.26. The fraction of sp³-hybridized carbons (Fsp3) is 0.556. The van der Waals surface area contributed by atoms with E-state index in [2.05, 4.69) is 5.32 Å². The Morgan fingerprint density at radius 1 is 1.26 bits per heavy atom. The molecular weight excluding hydrogens is 292 g/mol. The summed E-state index contributed by atoms with van der Waals surface area (Å²) in [5.41, 5.74) is 2.24. The highest BCUT2D eigenvalue weighted by Crippen LogP contribution is 2.27. The lowest BCUT2D eigenvalue weighted by atomic mass is 9.86. The smallest absolute Gasteiger partial charge is 0.321 e. The lowest BCUT2D eigenvalue weighted by molar-refractivity contribution is 0.101. The van der Waals surface area contributed by atoms with Crippen LogP contribution in [0.5, 0.6) is 0 Å². The number of aryl methyl sites for hydroxylation is 1. The van der Waals surface area contributed by atoms with Gasteiger partial charge in [-0.3, -0.25) is 4.79 Å². The number of carbonyl (C=O) groups excluding carboxylic acids is 2. The van der Waals surface area contributed by atoms with E-state index < -0.39 is 0 Å². The van der Waals surface area contributed by atoms with Crippen LogP contribution < -0.4 is 5.32 Å². The van der Waals surface area contributed by atoms with Gasteiger partial charge in [0.05, 0.1) is 0 Å². The van der Waals surface area contributed by atoms with Crippen LogP contribution in [0.4, 0.5) is 10.5 Å². The van der Waals surface area contributed by atoms with Crippen LogP contribution in [0.25, 0.3) is 0 Å². The number of aliphatic hydroxyl groups is 1. The van der Waals surface area contributed by atoms with Gasteiger partial charge in [-0.2, -0.15) is 0 Å². The van der Waals surface area contributed by atoms with Gasteiger partial charge in [0.25, 0.3) is 0 Å². The van der Waals surface area contributed by atoms with Gasteiger partial charge in [0, 0.05) is 30.9 Å². The first kappa shape index (κ1) is 17.5. The number of anilines is 1. The first-order chi connectivity index (χ1) is 10.9. The minimum atomic E-state index is -0.132. The molecule has 1 aliphatic rings. The van der Waals surface area contributed by atoms with Crippen LogP contribution in [0.3, 0.4) is 0 Å². The number of urea groups is 1. The number of Topliss-reactive ketones (excluding diaryl/α,β-unsaturated/α-hetero) is 1. The summed E-state index contributed by atoms with van der Waals surface area (Å²) in [6.07, 6.45) is 3.78. The van der Waals surface area contributed by atoms with Crippen molar-refractivity contribution in [3.8, 4) is 0 Å². The zero-order chi connectivity index (χ0) is 17.0. The van der Waals surface area contributed by atoms with Gasteiger partial charge in [-0.15, -0.1) is 0 Å². The zero-order valence-electron chi connectivity index (χ0n) is 14.1. The average molecular weight is 318 g/mol. The molecular formula is C18H26N2O3.